The van der Waals surface area contributed by atoms with E-state index in [-0.39, 0.29) is 30.4 Å². The van der Waals surface area contributed by atoms with Crippen LogP contribution in [0.2, 0.25) is 5.02 Å². The molecule has 5 rings (SSSR count). The van der Waals surface area contributed by atoms with Crippen molar-refractivity contribution >= 4 is 52.3 Å². The topological polar surface area (TPSA) is 114 Å². The molecule has 0 unspecified atom stereocenters. The number of hydrogen-bond donors (Lipinski definition) is 3. The van der Waals surface area contributed by atoms with Crippen LogP contribution in [0.25, 0.3) is 0 Å². The molecule has 0 saturated carbocycles. The molecule has 2 saturated heterocycles. The van der Waals surface area contributed by atoms with E-state index in [9.17, 15) is 14.4 Å². The predicted molar refractivity (Wildman–Crippen MR) is 167 cm³/mol. The summed E-state index contributed by atoms with van der Waals surface area (Å²) in [5.74, 6) is 2.43. The van der Waals surface area contributed by atoms with Gasteiger partial charge in [0.25, 0.3) is 0 Å². The first-order valence-corrected chi connectivity index (χ1v) is 15.6. The van der Waals surface area contributed by atoms with E-state index in [1.165, 1.54) is 0 Å². The third kappa shape index (κ3) is 6.46. The number of rotatable bonds is 6. The lowest BCUT2D eigenvalue weighted by molar-refractivity contribution is -0.134. The first-order valence-electron chi connectivity index (χ1n) is 14.3. The summed E-state index contributed by atoms with van der Waals surface area (Å²) in [4.78, 5) is 48.8. The molecule has 0 radical (unpaired) electrons. The average molecular weight is 612 g/mol. The summed E-state index contributed by atoms with van der Waals surface area (Å²) < 4.78 is 0. The molecule has 3 aliphatic rings. The highest BCUT2D eigenvalue weighted by atomic mass is 35.5. The molecule has 0 spiro atoms. The number of carbonyl (C=O) groups excluding carboxylic acids is 3. The van der Waals surface area contributed by atoms with E-state index in [0.29, 0.717) is 67.9 Å². The number of nitrogens with one attached hydrogen (secondary N) is 2. The van der Waals surface area contributed by atoms with E-state index in [4.69, 9.17) is 23.8 Å². The van der Waals surface area contributed by atoms with Gasteiger partial charge in [-0.25, -0.2) is 9.59 Å². The van der Waals surface area contributed by atoms with Gasteiger partial charge >= 0.3 is 12.1 Å². The fraction of sp³-hybridized carbons (Fsp3) is 0.500. The van der Waals surface area contributed by atoms with Crippen molar-refractivity contribution in [3.05, 3.63) is 44.6 Å². The maximum atomic E-state index is 13.8. The van der Waals surface area contributed by atoms with Crippen molar-refractivity contribution in [3.63, 3.8) is 0 Å². The quantitative estimate of drug-likeness (QED) is 0.341. The second-order valence-electron chi connectivity index (χ2n) is 11.4. The van der Waals surface area contributed by atoms with Crippen LogP contribution in [0.1, 0.15) is 41.7 Å². The van der Waals surface area contributed by atoms with Crippen LogP contribution < -0.4 is 16.4 Å². The average Bonchev–Trinajstić information content (AvgIpc) is 3.45. The largest absolute Gasteiger partial charge is 0.397 e. The molecule has 2 aromatic rings. The van der Waals surface area contributed by atoms with Crippen LogP contribution in [0, 0.1) is 12.3 Å². The van der Waals surface area contributed by atoms with E-state index >= 15 is 0 Å². The molecule has 3 aliphatic heterocycles. The molecular weight excluding hydrogens is 574 g/mol. The number of nitrogens with two attached hydrogens (primary N) is 1. The molecule has 4 N–H and O–H groups in total. The number of anilines is 2. The van der Waals surface area contributed by atoms with Gasteiger partial charge in [0.2, 0.25) is 5.91 Å². The van der Waals surface area contributed by atoms with E-state index in [2.05, 4.69) is 35.5 Å². The molecule has 4 heterocycles. The number of amides is 5. The molecular formula is C30H38ClN7O3S. The zero-order valence-corrected chi connectivity index (χ0v) is 25.6. The molecule has 2 fully saturated rings. The van der Waals surface area contributed by atoms with E-state index < -0.39 is 6.04 Å². The highest BCUT2D eigenvalue weighted by Crippen LogP contribution is 2.31. The van der Waals surface area contributed by atoms with E-state index in [1.54, 1.807) is 28.4 Å². The SMILES string of the molecule is C#Cc1cc(C[C@@H](NC(=O)N2CCC(N3Cc4sccc4NC3=O)CC2)C(=O)N2CCC(N(C)C)CC2)cc(Cl)c1N. The number of urea groups is 2. The third-order valence-electron chi connectivity index (χ3n) is 8.64. The molecule has 0 bridgehead atoms. The number of likely N-dealkylation sites (tertiary alicyclic amines) is 2. The second-order valence-corrected chi connectivity index (χ2v) is 12.9. The van der Waals surface area contributed by atoms with E-state index in [1.807, 2.05) is 21.2 Å². The number of nitrogens with zero attached hydrogens (tertiary/aromatic N) is 4. The summed E-state index contributed by atoms with van der Waals surface area (Å²) in [5, 5.41) is 8.29. The normalized spacial score (nSPS) is 18.8. The standard InChI is InChI=1S/C30H38ClN7O3S/c1-4-20-15-19(16-23(31)27(20)32)17-25(28(39)36-10-5-21(6-11-36)35(2)3)34-29(40)37-12-7-22(8-13-37)38-18-26-24(9-14-42-26)33-30(38)41/h1,9,14-16,21-22,25H,5-8,10-13,17-18,32H2,2-3H3,(H,33,41)(H,34,40)/t25-/m1/s1. The van der Waals surface area contributed by atoms with Crippen molar-refractivity contribution in [3.8, 4) is 12.3 Å². The molecule has 42 heavy (non-hydrogen) atoms. The number of thiophene rings is 1. The van der Waals surface area contributed by atoms with Gasteiger partial charge in [-0.05, 0) is 68.9 Å². The Morgan fingerprint density at radius 2 is 1.88 bits per heavy atom. The Kier molecular flexibility index (Phi) is 9.16. The molecule has 0 aliphatic carbocycles. The maximum Gasteiger partial charge on any atom is 0.322 e. The fourth-order valence-electron chi connectivity index (χ4n) is 6.07. The smallest absolute Gasteiger partial charge is 0.322 e. The van der Waals surface area contributed by atoms with Crippen LogP contribution in [0.15, 0.2) is 23.6 Å². The third-order valence-corrected chi connectivity index (χ3v) is 9.86. The summed E-state index contributed by atoms with van der Waals surface area (Å²) in [6.07, 6.45) is 8.94. The van der Waals surface area contributed by atoms with Crippen molar-refractivity contribution < 1.29 is 14.4 Å². The molecule has 5 amide bonds. The lowest BCUT2D eigenvalue weighted by atomic mass is 9.99. The Bertz CT molecular complexity index is 1370. The highest BCUT2D eigenvalue weighted by Gasteiger charge is 2.35. The minimum Gasteiger partial charge on any atom is -0.397 e. The number of nitrogen functional groups attached to an aromatic ring is 1. The van der Waals surface area contributed by atoms with Gasteiger partial charge in [-0.1, -0.05) is 17.5 Å². The first kappa shape index (κ1) is 30.0. The minimum atomic E-state index is -0.790. The lowest BCUT2D eigenvalue weighted by Crippen LogP contribution is -2.57. The number of piperidine rings is 2. The van der Waals surface area contributed by atoms with Crippen LogP contribution in [-0.2, 0) is 17.8 Å². The van der Waals surface area contributed by atoms with E-state index in [0.717, 1.165) is 29.0 Å². The zero-order chi connectivity index (χ0) is 30.0. The second kappa shape index (κ2) is 12.8. The van der Waals surface area contributed by atoms with Crippen molar-refractivity contribution in [2.24, 2.45) is 0 Å². The highest BCUT2D eigenvalue weighted by molar-refractivity contribution is 7.10. The van der Waals surface area contributed by atoms with Crippen LogP contribution >= 0.6 is 22.9 Å². The number of carbonyl (C=O) groups is 3. The molecule has 10 nitrogen and oxygen atoms in total. The summed E-state index contributed by atoms with van der Waals surface area (Å²) in [7, 11) is 4.11. The van der Waals surface area contributed by atoms with Gasteiger partial charge in [0.1, 0.15) is 6.04 Å². The van der Waals surface area contributed by atoms with Crippen molar-refractivity contribution in [1.29, 1.82) is 0 Å². The zero-order valence-electron chi connectivity index (χ0n) is 24.1. The van der Waals surface area contributed by atoms with Gasteiger partial charge in [-0.3, -0.25) is 4.79 Å². The molecule has 12 heteroatoms. The van der Waals surface area contributed by atoms with Crippen LogP contribution in [0.3, 0.4) is 0 Å². The van der Waals surface area contributed by atoms with Gasteiger partial charge in [-0.15, -0.1) is 17.8 Å². The summed E-state index contributed by atoms with van der Waals surface area (Å²) >= 11 is 7.98. The van der Waals surface area contributed by atoms with Crippen LogP contribution in [0.4, 0.5) is 21.0 Å². The number of hydrogen-bond acceptors (Lipinski definition) is 6. The molecule has 224 valence electrons. The number of fused-ring (bicyclic) bond motifs is 1. The maximum absolute atomic E-state index is 13.8. The van der Waals surface area contributed by atoms with Gasteiger partial charge in [-0.2, -0.15) is 0 Å². The van der Waals surface area contributed by atoms with Crippen LogP contribution in [-0.4, -0.2) is 96.0 Å². The molecule has 1 aromatic carbocycles. The van der Waals surface area contributed by atoms with Gasteiger partial charge in [0.15, 0.2) is 0 Å². The minimum absolute atomic E-state index is 0.0406. The summed E-state index contributed by atoms with van der Waals surface area (Å²) in [6, 6.07) is 4.66. The molecule has 1 atom stereocenters. The number of terminal acetylenes is 1. The van der Waals surface area contributed by atoms with Crippen LogP contribution in [0.5, 0.6) is 0 Å². The first-order chi connectivity index (χ1) is 20.1. The Hall–Kier alpha value is -3.46. The van der Waals surface area contributed by atoms with Gasteiger partial charge in [0.05, 0.1) is 22.9 Å². The summed E-state index contributed by atoms with van der Waals surface area (Å²) in [5.41, 5.74) is 8.41. The van der Waals surface area contributed by atoms with Crippen molar-refractivity contribution in [1.82, 2.24) is 24.9 Å². The Morgan fingerprint density at radius 3 is 2.55 bits per heavy atom. The summed E-state index contributed by atoms with van der Waals surface area (Å²) in [6.45, 7) is 2.81. The monoisotopic (exact) mass is 611 g/mol. The lowest BCUT2D eigenvalue weighted by Gasteiger charge is -2.40. The van der Waals surface area contributed by atoms with Gasteiger partial charge in [0, 0.05) is 55.1 Å². The fourth-order valence-corrected chi connectivity index (χ4v) is 7.14. The molecule has 1 aromatic heterocycles. The van der Waals surface area contributed by atoms with Crippen molar-refractivity contribution in [2.75, 3.05) is 51.3 Å². The predicted octanol–water partition coefficient (Wildman–Crippen LogP) is 3.65. The number of halogens is 1. The Labute approximate surface area is 256 Å². The Morgan fingerprint density at radius 1 is 1.19 bits per heavy atom. The number of benzene rings is 1. The Balaban J connectivity index is 1.25. The van der Waals surface area contributed by atoms with Gasteiger partial charge < -0.3 is 36.0 Å². The van der Waals surface area contributed by atoms with Crippen molar-refractivity contribution in [2.45, 2.75) is 56.8 Å².